The number of cyclic esters (lactones) is 1. The molecule has 0 aromatic rings. The van der Waals surface area contributed by atoms with E-state index in [0.29, 0.717) is 30.1 Å². The molecule has 27 heavy (non-hydrogen) atoms. The van der Waals surface area contributed by atoms with Gasteiger partial charge >= 0.3 is 5.97 Å². The molecule has 1 heterocycles. The Bertz CT molecular complexity index is 646. The van der Waals surface area contributed by atoms with Gasteiger partial charge in [-0.15, -0.1) is 0 Å². The maximum atomic E-state index is 13.3. The highest BCUT2D eigenvalue weighted by atomic mass is 16.5. The van der Waals surface area contributed by atoms with Gasteiger partial charge in [0.2, 0.25) is 0 Å². The number of esters is 1. The maximum Gasteiger partial charge on any atom is 0.306 e. The van der Waals surface area contributed by atoms with E-state index in [2.05, 4.69) is 32.1 Å². The van der Waals surface area contributed by atoms with Crippen molar-refractivity contribution in [1.29, 1.82) is 0 Å². The molecular formula is C24H34O3. The van der Waals surface area contributed by atoms with Crippen LogP contribution >= 0.6 is 0 Å². The average Bonchev–Trinajstić information content (AvgIpc) is 3.27. The lowest BCUT2D eigenvalue weighted by molar-refractivity contribution is -0.150. The third-order valence-corrected chi connectivity index (χ3v) is 7.67. The highest BCUT2D eigenvalue weighted by Crippen LogP contribution is 2.53. The first kappa shape index (κ1) is 19.0. The van der Waals surface area contributed by atoms with Crippen LogP contribution in [0, 0.1) is 35.5 Å². The minimum Gasteiger partial charge on any atom is -0.462 e. The van der Waals surface area contributed by atoms with Crippen LogP contribution in [0.3, 0.4) is 0 Å². The van der Waals surface area contributed by atoms with Crippen molar-refractivity contribution in [3.05, 3.63) is 23.8 Å². The zero-order chi connectivity index (χ0) is 19.0. The number of hydrogen-bond acceptors (Lipinski definition) is 3. The summed E-state index contributed by atoms with van der Waals surface area (Å²) in [5, 5.41) is 0. The second kappa shape index (κ2) is 7.93. The lowest BCUT2D eigenvalue weighted by Gasteiger charge is -2.34. The van der Waals surface area contributed by atoms with E-state index in [1.165, 1.54) is 19.3 Å². The number of carbonyl (C=O) groups excluding carboxylic acids is 2. The molecule has 3 aliphatic carbocycles. The van der Waals surface area contributed by atoms with E-state index in [1.807, 2.05) is 0 Å². The first-order chi connectivity index (χ1) is 13.1. The van der Waals surface area contributed by atoms with Gasteiger partial charge in [0.05, 0.1) is 6.42 Å². The number of carbonyl (C=O) groups is 2. The number of rotatable bonds is 1. The molecule has 0 aromatic heterocycles. The highest BCUT2D eigenvalue weighted by Gasteiger charge is 2.47. The van der Waals surface area contributed by atoms with Crippen molar-refractivity contribution < 1.29 is 14.3 Å². The predicted octanol–water partition coefficient (Wildman–Crippen LogP) is 5.25. The molecule has 0 bridgehead atoms. The molecule has 7 atom stereocenters. The van der Waals surface area contributed by atoms with Crippen LogP contribution in [-0.2, 0) is 14.3 Å². The minimum atomic E-state index is -0.110. The molecule has 5 unspecified atom stereocenters. The Morgan fingerprint density at radius 2 is 1.81 bits per heavy atom. The molecule has 1 saturated carbocycles. The van der Waals surface area contributed by atoms with Gasteiger partial charge in [0.25, 0.3) is 0 Å². The molecule has 1 aliphatic heterocycles. The maximum absolute atomic E-state index is 13.3. The standard InChI is InChI=1S/C24H34O3/c1-3-17-9-5-4-7-15(2)24(26)22-13-20-18-10-6-8-16(18)11-12-19(20)21(22)14-23(25)27-17/h11-13,15-21H,3-10,14H2,1-2H3/t15?,16?,17?,18?,19-,20+,21?/m1/s1. The van der Waals surface area contributed by atoms with Crippen molar-refractivity contribution >= 4 is 11.8 Å². The van der Waals surface area contributed by atoms with E-state index >= 15 is 0 Å². The lowest BCUT2D eigenvalue weighted by Crippen LogP contribution is -2.31. The van der Waals surface area contributed by atoms with Crippen molar-refractivity contribution in [2.24, 2.45) is 35.5 Å². The Morgan fingerprint density at radius 1 is 1.00 bits per heavy atom. The van der Waals surface area contributed by atoms with Gasteiger partial charge in [0.1, 0.15) is 6.10 Å². The molecule has 0 aromatic carbocycles. The van der Waals surface area contributed by atoms with Crippen molar-refractivity contribution in [2.45, 2.75) is 77.7 Å². The Hall–Kier alpha value is -1.38. The van der Waals surface area contributed by atoms with E-state index in [1.54, 1.807) is 0 Å². The molecule has 0 spiro atoms. The van der Waals surface area contributed by atoms with Gasteiger partial charge in [-0.3, -0.25) is 9.59 Å². The number of allylic oxidation sites excluding steroid dienone is 4. The molecule has 4 aliphatic rings. The third-order valence-electron chi connectivity index (χ3n) is 7.67. The van der Waals surface area contributed by atoms with Crippen molar-refractivity contribution in [3.63, 3.8) is 0 Å². The summed E-state index contributed by atoms with van der Waals surface area (Å²) in [6.07, 6.45) is 16.1. The van der Waals surface area contributed by atoms with Gasteiger partial charge in [-0.25, -0.2) is 0 Å². The van der Waals surface area contributed by atoms with Gasteiger partial charge in [-0.1, -0.05) is 44.9 Å². The van der Waals surface area contributed by atoms with Gasteiger partial charge < -0.3 is 4.74 Å². The summed E-state index contributed by atoms with van der Waals surface area (Å²) in [6, 6.07) is 0. The zero-order valence-electron chi connectivity index (χ0n) is 16.9. The normalized spacial score (nSPS) is 42.3. The Balaban J connectivity index is 1.63. The third kappa shape index (κ3) is 3.67. The molecule has 0 amide bonds. The SMILES string of the molecule is CCC1CCCCC(C)C(=O)C2=C[C@H]3C4CCCC4C=C[C@H]3C2CC(=O)O1. The lowest BCUT2D eigenvalue weighted by atomic mass is 9.70. The summed E-state index contributed by atoms with van der Waals surface area (Å²) in [5.74, 6) is 2.36. The smallest absolute Gasteiger partial charge is 0.306 e. The fraction of sp³-hybridized carbons (Fsp3) is 0.750. The summed E-state index contributed by atoms with van der Waals surface area (Å²) in [4.78, 5) is 26.0. The van der Waals surface area contributed by atoms with E-state index in [0.717, 1.165) is 37.7 Å². The summed E-state index contributed by atoms with van der Waals surface area (Å²) < 4.78 is 5.81. The molecule has 0 N–H and O–H groups in total. The van der Waals surface area contributed by atoms with Crippen LogP contribution in [0.2, 0.25) is 0 Å². The van der Waals surface area contributed by atoms with Gasteiger partial charge in [0, 0.05) is 11.8 Å². The van der Waals surface area contributed by atoms with Crippen molar-refractivity contribution in [3.8, 4) is 0 Å². The summed E-state index contributed by atoms with van der Waals surface area (Å²) >= 11 is 0. The monoisotopic (exact) mass is 370 g/mol. The van der Waals surface area contributed by atoms with Crippen LogP contribution in [0.15, 0.2) is 23.8 Å². The van der Waals surface area contributed by atoms with E-state index in [9.17, 15) is 9.59 Å². The molecule has 4 rings (SSSR count). The van der Waals surface area contributed by atoms with E-state index < -0.39 is 0 Å². The van der Waals surface area contributed by atoms with E-state index in [-0.39, 0.29) is 29.7 Å². The fourth-order valence-corrected chi connectivity index (χ4v) is 6.10. The van der Waals surface area contributed by atoms with Crippen LogP contribution in [0.5, 0.6) is 0 Å². The minimum absolute atomic E-state index is 0.0205. The first-order valence-electron chi connectivity index (χ1n) is 11.2. The summed E-state index contributed by atoms with van der Waals surface area (Å²) in [7, 11) is 0. The number of hydrogen-bond donors (Lipinski definition) is 0. The quantitative estimate of drug-likeness (QED) is 0.467. The van der Waals surface area contributed by atoms with Crippen LogP contribution < -0.4 is 0 Å². The molecule has 2 fully saturated rings. The topological polar surface area (TPSA) is 43.4 Å². The van der Waals surface area contributed by atoms with Crippen LogP contribution in [-0.4, -0.2) is 17.9 Å². The zero-order valence-corrected chi connectivity index (χ0v) is 16.9. The predicted molar refractivity (Wildman–Crippen MR) is 106 cm³/mol. The highest BCUT2D eigenvalue weighted by molar-refractivity contribution is 5.98. The Kier molecular flexibility index (Phi) is 5.57. The van der Waals surface area contributed by atoms with Gasteiger partial charge in [-0.2, -0.15) is 0 Å². The number of ketones is 1. The largest absolute Gasteiger partial charge is 0.462 e. The Labute approximate surface area is 163 Å². The van der Waals surface area contributed by atoms with Crippen LogP contribution in [0.25, 0.3) is 0 Å². The van der Waals surface area contributed by atoms with Gasteiger partial charge in [0.15, 0.2) is 5.78 Å². The number of Topliss-reactive ketones (excluding diaryl/α,β-unsaturated/α-hetero) is 1. The molecule has 3 nitrogen and oxygen atoms in total. The van der Waals surface area contributed by atoms with Crippen molar-refractivity contribution in [2.75, 3.05) is 0 Å². The molecule has 3 heteroatoms. The molecule has 1 saturated heterocycles. The second-order valence-corrected chi connectivity index (χ2v) is 9.30. The summed E-state index contributed by atoms with van der Waals surface area (Å²) in [6.45, 7) is 4.18. The number of fused-ring (bicyclic) bond motifs is 5. The van der Waals surface area contributed by atoms with Gasteiger partial charge in [-0.05, 0) is 67.8 Å². The molecular weight excluding hydrogens is 336 g/mol. The van der Waals surface area contributed by atoms with E-state index in [4.69, 9.17) is 4.74 Å². The van der Waals surface area contributed by atoms with Crippen molar-refractivity contribution in [1.82, 2.24) is 0 Å². The first-order valence-corrected chi connectivity index (χ1v) is 11.2. The Morgan fingerprint density at radius 3 is 2.63 bits per heavy atom. The van der Waals surface area contributed by atoms with Crippen LogP contribution in [0.1, 0.15) is 71.6 Å². The fourth-order valence-electron chi connectivity index (χ4n) is 6.10. The van der Waals surface area contributed by atoms with Crippen LogP contribution in [0.4, 0.5) is 0 Å². The summed E-state index contributed by atoms with van der Waals surface area (Å²) in [5.41, 5.74) is 0.945. The molecule has 0 radical (unpaired) electrons. The number of ether oxygens (including phenoxy) is 1. The average molecular weight is 371 g/mol. The molecule has 148 valence electrons. The second-order valence-electron chi connectivity index (χ2n) is 9.30.